The third-order valence-electron chi connectivity index (χ3n) is 1.80. The number of hydrogen-bond acceptors (Lipinski definition) is 2. The van der Waals surface area contributed by atoms with Gasteiger partial charge in [0.2, 0.25) is 0 Å². The Morgan fingerprint density at radius 2 is 2.14 bits per heavy atom. The first-order chi connectivity index (χ1) is 6.83. The highest BCUT2D eigenvalue weighted by molar-refractivity contribution is 9.09. The molecule has 1 heterocycles. The molecular formula is C10H14BrClOS. The third kappa shape index (κ3) is 5.32. The summed E-state index contributed by atoms with van der Waals surface area (Å²) < 4.78 is 5.25. The summed E-state index contributed by atoms with van der Waals surface area (Å²) in [5.74, 6) is 3.10. The van der Waals surface area contributed by atoms with Crippen molar-refractivity contribution in [1.82, 2.24) is 0 Å². The largest absolute Gasteiger partial charge is 0.449 e. The molecule has 4 heteroatoms. The first-order valence-electron chi connectivity index (χ1n) is 4.71. The summed E-state index contributed by atoms with van der Waals surface area (Å²) in [6.45, 7) is 0. The first kappa shape index (κ1) is 12.5. The SMILES string of the molecule is Clc1ccc(CSCCCCCBr)o1. The van der Waals surface area contributed by atoms with E-state index in [9.17, 15) is 0 Å². The Morgan fingerprint density at radius 3 is 2.79 bits per heavy atom. The fourth-order valence-electron chi connectivity index (χ4n) is 1.08. The summed E-state index contributed by atoms with van der Waals surface area (Å²) in [6, 6.07) is 3.73. The predicted molar refractivity (Wildman–Crippen MR) is 67.5 cm³/mol. The van der Waals surface area contributed by atoms with Gasteiger partial charge in [-0.05, 0) is 42.3 Å². The predicted octanol–water partition coefficient (Wildman–Crippen LogP) is 4.73. The molecule has 0 aliphatic rings. The monoisotopic (exact) mass is 296 g/mol. The lowest BCUT2D eigenvalue weighted by molar-refractivity contribution is 0.532. The molecule has 14 heavy (non-hydrogen) atoms. The smallest absolute Gasteiger partial charge is 0.193 e. The van der Waals surface area contributed by atoms with E-state index in [1.807, 2.05) is 17.8 Å². The maximum Gasteiger partial charge on any atom is 0.193 e. The molecule has 0 fully saturated rings. The van der Waals surface area contributed by atoms with E-state index in [1.165, 1.54) is 25.0 Å². The van der Waals surface area contributed by atoms with E-state index < -0.39 is 0 Å². The van der Waals surface area contributed by atoms with E-state index in [0.29, 0.717) is 5.22 Å². The minimum absolute atomic E-state index is 0.486. The molecule has 1 aromatic rings. The van der Waals surface area contributed by atoms with Crippen molar-refractivity contribution in [3.8, 4) is 0 Å². The molecule has 0 radical (unpaired) electrons. The van der Waals surface area contributed by atoms with E-state index in [0.717, 1.165) is 16.8 Å². The zero-order chi connectivity index (χ0) is 10.2. The number of furan rings is 1. The van der Waals surface area contributed by atoms with E-state index in [-0.39, 0.29) is 0 Å². The average molecular weight is 298 g/mol. The Balaban J connectivity index is 1.99. The summed E-state index contributed by atoms with van der Waals surface area (Å²) in [6.07, 6.45) is 3.86. The molecule has 0 spiro atoms. The van der Waals surface area contributed by atoms with Crippen LogP contribution in [0, 0.1) is 0 Å². The van der Waals surface area contributed by atoms with Gasteiger partial charge in [-0.2, -0.15) is 11.8 Å². The van der Waals surface area contributed by atoms with Crippen LogP contribution in [0.2, 0.25) is 5.22 Å². The van der Waals surface area contributed by atoms with Crippen molar-refractivity contribution in [1.29, 1.82) is 0 Å². The van der Waals surface area contributed by atoms with E-state index in [4.69, 9.17) is 16.0 Å². The summed E-state index contributed by atoms with van der Waals surface area (Å²) in [5, 5.41) is 1.60. The second kappa shape index (κ2) is 7.66. The third-order valence-corrected chi connectivity index (χ3v) is 3.63. The molecule has 1 aromatic heterocycles. The number of alkyl halides is 1. The van der Waals surface area contributed by atoms with Gasteiger partial charge in [0, 0.05) is 5.33 Å². The van der Waals surface area contributed by atoms with Gasteiger partial charge < -0.3 is 4.42 Å². The molecule has 0 aromatic carbocycles. The Kier molecular flexibility index (Phi) is 6.82. The Morgan fingerprint density at radius 1 is 1.29 bits per heavy atom. The number of halogens is 2. The minimum atomic E-state index is 0.486. The zero-order valence-corrected chi connectivity index (χ0v) is 11.1. The van der Waals surface area contributed by atoms with E-state index in [2.05, 4.69) is 15.9 Å². The lowest BCUT2D eigenvalue weighted by Gasteiger charge is -1.98. The number of hydrogen-bond donors (Lipinski definition) is 0. The van der Waals surface area contributed by atoms with Gasteiger partial charge in [0.05, 0.1) is 5.75 Å². The summed E-state index contributed by atoms with van der Waals surface area (Å²) in [4.78, 5) is 0. The van der Waals surface area contributed by atoms with Crippen LogP contribution in [0.15, 0.2) is 16.5 Å². The molecule has 0 bridgehead atoms. The quantitative estimate of drug-likeness (QED) is 0.533. The molecular weight excluding hydrogens is 284 g/mol. The van der Waals surface area contributed by atoms with Crippen LogP contribution < -0.4 is 0 Å². The fourth-order valence-corrected chi connectivity index (χ4v) is 2.54. The molecule has 0 aliphatic carbocycles. The van der Waals surface area contributed by atoms with Crippen molar-refractivity contribution in [2.24, 2.45) is 0 Å². The van der Waals surface area contributed by atoms with Crippen LogP contribution in [0.5, 0.6) is 0 Å². The number of thioether (sulfide) groups is 1. The highest BCUT2D eigenvalue weighted by atomic mass is 79.9. The first-order valence-corrected chi connectivity index (χ1v) is 7.36. The van der Waals surface area contributed by atoms with Crippen molar-refractivity contribution in [2.45, 2.75) is 25.0 Å². The van der Waals surface area contributed by atoms with Gasteiger partial charge in [-0.1, -0.05) is 22.4 Å². The topological polar surface area (TPSA) is 13.1 Å². The van der Waals surface area contributed by atoms with Crippen LogP contribution in [0.3, 0.4) is 0 Å². The second-order valence-corrected chi connectivity index (χ2v) is 5.28. The van der Waals surface area contributed by atoms with Crippen LogP contribution in [0.4, 0.5) is 0 Å². The number of unbranched alkanes of at least 4 members (excludes halogenated alkanes) is 2. The molecule has 0 saturated heterocycles. The molecule has 0 aliphatic heterocycles. The Labute approximate surface area is 103 Å². The van der Waals surface area contributed by atoms with E-state index in [1.54, 1.807) is 6.07 Å². The van der Waals surface area contributed by atoms with Gasteiger partial charge in [0.15, 0.2) is 5.22 Å². The maximum atomic E-state index is 5.66. The highest BCUT2D eigenvalue weighted by Gasteiger charge is 1.99. The van der Waals surface area contributed by atoms with Crippen LogP contribution in [-0.4, -0.2) is 11.1 Å². The minimum Gasteiger partial charge on any atom is -0.449 e. The Hall–Kier alpha value is 0.400. The van der Waals surface area contributed by atoms with Gasteiger partial charge in [-0.3, -0.25) is 0 Å². The van der Waals surface area contributed by atoms with Crippen molar-refractivity contribution in [3.63, 3.8) is 0 Å². The second-order valence-electron chi connectivity index (χ2n) is 3.01. The van der Waals surface area contributed by atoms with Crippen LogP contribution >= 0.6 is 39.3 Å². The molecule has 0 unspecified atom stereocenters. The molecule has 0 saturated carbocycles. The lowest BCUT2D eigenvalue weighted by Crippen LogP contribution is -1.83. The summed E-state index contributed by atoms with van der Waals surface area (Å²) in [5.41, 5.74) is 0. The van der Waals surface area contributed by atoms with Crippen LogP contribution in [0.25, 0.3) is 0 Å². The van der Waals surface area contributed by atoms with E-state index >= 15 is 0 Å². The average Bonchev–Trinajstić information content (AvgIpc) is 2.58. The zero-order valence-electron chi connectivity index (χ0n) is 7.97. The van der Waals surface area contributed by atoms with Gasteiger partial charge >= 0.3 is 0 Å². The van der Waals surface area contributed by atoms with Gasteiger partial charge in [-0.25, -0.2) is 0 Å². The van der Waals surface area contributed by atoms with Crippen LogP contribution in [0.1, 0.15) is 25.0 Å². The summed E-state index contributed by atoms with van der Waals surface area (Å²) in [7, 11) is 0. The fraction of sp³-hybridized carbons (Fsp3) is 0.600. The van der Waals surface area contributed by atoms with Gasteiger partial charge in [-0.15, -0.1) is 0 Å². The maximum absolute atomic E-state index is 5.66. The molecule has 0 amide bonds. The van der Waals surface area contributed by atoms with Crippen molar-refractivity contribution >= 4 is 39.3 Å². The molecule has 1 rings (SSSR count). The normalized spacial score (nSPS) is 10.7. The van der Waals surface area contributed by atoms with Gasteiger partial charge in [0.1, 0.15) is 5.76 Å². The molecule has 80 valence electrons. The standard InChI is InChI=1S/C10H14BrClOS/c11-6-2-1-3-7-14-8-9-4-5-10(12)13-9/h4-5H,1-3,6-8H2. The van der Waals surface area contributed by atoms with Crippen LogP contribution in [-0.2, 0) is 5.75 Å². The molecule has 0 atom stereocenters. The molecule has 1 nitrogen and oxygen atoms in total. The number of rotatable bonds is 7. The lowest BCUT2D eigenvalue weighted by atomic mass is 10.3. The molecule has 0 N–H and O–H groups in total. The summed E-state index contributed by atoms with van der Waals surface area (Å²) >= 11 is 11.0. The van der Waals surface area contributed by atoms with Crippen molar-refractivity contribution in [3.05, 3.63) is 23.1 Å². The van der Waals surface area contributed by atoms with Gasteiger partial charge in [0.25, 0.3) is 0 Å². The van der Waals surface area contributed by atoms with Crippen molar-refractivity contribution < 1.29 is 4.42 Å². The van der Waals surface area contributed by atoms with Crippen molar-refractivity contribution in [2.75, 3.05) is 11.1 Å². The Bertz CT molecular complexity index is 252. The highest BCUT2D eigenvalue weighted by Crippen LogP contribution is 2.19.